The van der Waals surface area contributed by atoms with Crippen molar-refractivity contribution in [2.75, 3.05) is 0 Å². The van der Waals surface area contributed by atoms with Crippen LogP contribution in [0.15, 0.2) is 217 Å². The topological polar surface area (TPSA) is 69.6 Å². The fraction of sp³-hybridized carbons (Fsp3) is 0. The van der Waals surface area contributed by atoms with Crippen LogP contribution in [-0.4, -0.2) is 24.5 Å². The smallest absolute Gasteiger partial charge is 0.167 e. The van der Waals surface area contributed by atoms with Gasteiger partial charge in [-0.25, -0.2) is 19.9 Å². The summed E-state index contributed by atoms with van der Waals surface area (Å²) in [6.45, 7) is 0. The summed E-state index contributed by atoms with van der Waals surface area (Å²) in [5.74, 6) is 1.73. The van der Waals surface area contributed by atoms with Gasteiger partial charge in [-0.3, -0.25) is 0 Å². The van der Waals surface area contributed by atoms with Crippen LogP contribution in [0.5, 0.6) is 0 Å². The predicted octanol–water partition coefficient (Wildman–Crippen LogP) is 14.9. The first-order chi connectivity index (χ1) is 31.7. The van der Waals surface area contributed by atoms with E-state index in [1.54, 1.807) is 0 Å². The number of hydrogen-bond acceptors (Lipinski definition) is 5. The summed E-state index contributed by atoms with van der Waals surface area (Å²) >= 11 is 0. The molecule has 13 rings (SSSR count). The number of nitrogens with zero attached hydrogens (tertiary/aromatic N) is 5. The van der Waals surface area contributed by atoms with E-state index >= 15 is 0 Å². The van der Waals surface area contributed by atoms with Crippen LogP contribution in [-0.2, 0) is 0 Å². The summed E-state index contributed by atoms with van der Waals surface area (Å²) < 4.78 is 8.83. The van der Waals surface area contributed by atoms with E-state index in [2.05, 4.69) is 156 Å². The third-order valence-corrected chi connectivity index (χ3v) is 12.4. The summed E-state index contributed by atoms with van der Waals surface area (Å²) in [5, 5.41) is 7.86. The van der Waals surface area contributed by atoms with Gasteiger partial charge in [0.1, 0.15) is 11.2 Å². The van der Waals surface area contributed by atoms with Gasteiger partial charge in [0.25, 0.3) is 0 Å². The highest BCUT2D eigenvalue weighted by atomic mass is 16.3. The van der Waals surface area contributed by atoms with Crippen molar-refractivity contribution in [3.05, 3.63) is 212 Å². The van der Waals surface area contributed by atoms with Crippen molar-refractivity contribution in [1.82, 2.24) is 24.5 Å². The van der Waals surface area contributed by atoms with E-state index in [1.807, 2.05) is 60.7 Å². The highest BCUT2D eigenvalue weighted by molar-refractivity contribution is 6.21. The number of para-hydroxylation sites is 5. The molecule has 4 heterocycles. The first-order valence-corrected chi connectivity index (χ1v) is 21.5. The highest BCUT2D eigenvalue weighted by Crippen LogP contribution is 2.42. The lowest BCUT2D eigenvalue weighted by molar-refractivity contribution is 0.669. The van der Waals surface area contributed by atoms with Crippen LogP contribution >= 0.6 is 0 Å². The average Bonchev–Trinajstić information content (AvgIpc) is 3.92. The molecule has 0 saturated carbocycles. The third kappa shape index (κ3) is 5.73. The molecule has 0 fully saturated rings. The van der Waals surface area contributed by atoms with Crippen LogP contribution in [0.1, 0.15) is 0 Å². The number of pyridine rings is 1. The summed E-state index contributed by atoms with van der Waals surface area (Å²) in [5.41, 5.74) is 12.7. The van der Waals surface area contributed by atoms with Gasteiger partial charge in [-0.05, 0) is 53.4 Å². The van der Waals surface area contributed by atoms with E-state index in [0.29, 0.717) is 17.5 Å². The summed E-state index contributed by atoms with van der Waals surface area (Å²) in [6.07, 6.45) is 0. The Balaban J connectivity index is 0.991. The number of rotatable bonds is 6. The normalized spacial score (nSPS) is 11.8. The van der Waals surface area contributed by atoms with E-state index < -0.39 is 0 Å². The van der Waals surface area contributed by atoms with Crippen molar-refractivity contribution in [1.29, 1.82) is 0 Å². The molecule has 6 heteroatoms. The minimum atomic E-state index is 0.552. The molecule has 0 atom stereocenters. The molecule has 0 radical (unpaired) electrons. The number of aromatic nitrogens is 5. The Kier molecular flexibility index (Phi) is 8.11. The zero-order chi connectivity index (χ0) is 42.1. The predicted molar refractivity (Wildman–Crippen MR) is 261 cm³/mol. The van der Waals surface area contributed by atoms with E-state index in [0.717, 1.165) is 93.9 Å². The second-order valence-corrected chi connectivity index (χ2v) is 16.2. The Morgan fingerprint density at radius 2 is 0.906 bits per heavy atom. The maximum atomic E-state index is 6.45. The molecular formula is C58H35N5O. The molecule has 0 bridgehead atoms. The lowest BCUT2D eigenvalue weighted by Gasteiger charge is -2.15. The second-order valence-electron chi connectivity index (χ2n) is 16.2. The minimum Gasteiger partial charge on any atom is -0.455 e. The molecule has 0 unspecified atom stereocenters. The van der Waals surface area contributed by atoms with Gasteiger partial charge in [0.2, 0.25) is 0 Å². The van der Waals surface area contributed by atoms with Crippen LogP contribution in [0.4, 0.5) is 0 Å². The molecule has 0 aliphatic rings. The molecule has 4 aromatic heterocycles. The third-order valence-electron chi connectivity index (χ3n) is 12.4. The number of fused-ring (bicyclic) bond motifs is 9. The van der Waals surface area contributed by atoms with E-state index in [-0.39, 0.29) is 0 Å². The number of benzene rings is 9. The Labute approximate surface area is 367 Å². The molecule has 0 aliphatic carbocycles. The van der Waals surface area contributed by atoms with Gasteiger partial charge in [-0.1, -0.05) is 170 Å². The van der Waals surface area contributed by atoms with Crippen molar-refractivity contribution in [2.45, 2.75) is 0 Å². The Morgan fingerprint density at radius 3 is 1.67 bits per heavy atom. The van der Waals surface area contributed by atoms with Crippen LogP contribution in [0.25, 0.3) is 128 Å². The standard InChI is InChI=1S/C58H35N5O/c1-4-16-37(17-5-1)53-49-34-48-42-22-10-12-28-50(42)63(40-20-8-3-9-21-40)51(48)35-47(49)44-25-14-24-41(54(44)59-53)36-30-32-39(33-31-36)57-60-56(38-18-6-2-7-19-38)61-58(62-57)46-27-15-26-45-43-23-11-13-29-52(43)64-55(45)46/h1-35H. The summed E-state index contributed by atoms with van der Waals surface area (Å²) in [4.78, 5) is 20.8. The minimum absolute atomic E-state index is 0.552. The first kappa shape index (κ1) is 36.0. The highest BCUT2D eigenvalue weighted by Gasteiger charge is 2.21. The Bertz CT molecular complexity index is 3930. The molecular weight excluding hydrogens is 783 g/mol. The fourth-order valence-electron chi connectivity index (χ4n) is 9.46. The van der Waals surface area contributed by atoms with Crippen LogP contribution in [0, 0.1) is 0 Å². The van der Waals surface area contributed by atoms with Crippen molar-refractivity contribution in [2.24, 2.45) is 0 Å². The zero-order valence-corrected chi connectivity index (χ0v) is 34.4. The van der Waals surface area contributed by atoms with Crippen LogP contribution in [0.3, 0.4) is 0 Å². The lowest BCUT2D eigenvalue weighted by atomic mass is 9.94. The van der Waals surface area contributed by atoms with Gasteiger partial charge in [0.05, 0.1) is 27.8 Å². The number of furan rings is 1. The van der Waals surface area contributed by atoms with Crippen molar-refractivity contribution in [3.63, 3.8) is 0 Å². The van der Waals surface area contributed by atoms with Gasteiger partial charge in [0.15, 0.2) is 17.5 Å². The van der Waals surface area contributed by atoms with Crippen LogP contribution in [0.2, 0.25) is 0 Å². The Morgan fingerprint density at radius 1 is 0.328 bits per heavy atom. The van der Waals surface area contributed by atoms with Gasteiger partial charge in [-0.2, -0.15) is 0 Å². The lowest BCUT2D eigenvalue weighted by Crippen LogP contribution is -2.00. The van der Waals surface area contributed by atoms with Gasteiger partial charge >= 0.3 is 0 Å². The molecule has 0 saturated heterocycles. The van der Waals surface area contributed by atoms with Crippen LogP contribution < -0.4 is 0 Å². The molecule has 6 nitrogen and oxygen atoms in total. The van der Waals surface area contributed by atoms with Gasteiger partial charge in [0, 0.05) is 60.3 Å². The molecule has 0 N–H and O–H groups in total. The molecule has 0 spiro atoms. The Hall–Kier alpha value is -8.74. The molecule has 64 heavy (non-hydrogen) atoms. The largest absolute Gasteiger partial charge is 0.455 e. The molecule has 0 aliphatic heterocycles. The maximum Gasteiger partial charge on any atom is 0.167 e. The zero-order valence-electron chi connectivity index (χ0n) is 34.4. The first-order valence-electron chi connectivity index (χ1n) is 21.5. The molecule has 9 aromatic carbocycles. The van der Waals surface area contributed by atoms with E-state index in [9.17, 15) is 0 Å². The van der Waals surface area contributed by atoms with E-state index in [1.165, 1.54) is 16.3 Å². The van der Waals surface area contributed by atoms with Gasteiger partial charge in [-0.15, -0.1) is 0 Å². The van der Waals surface area contributed by atoms with Crippen molar-refractivity contribution < 1.29 is 4.42 Å². The molecule has 298 valence electrons. The summed E-state index contributed by atoms with van der Waals surface area (Å²) in [6, 6.07) is 73.9. The van der Waals surface area contributed by atoms with Crippen molar-refractivity contribution in [3.8, 4) is 62.2 Å². The SMILES string of the molecule is c1ccc(-c2nc(-c3ccc(-c4cccc5c4nc(-c4ccccc4)c4cc6c7ccccc7n(-c7ccccc7)c6cc45)cc3)nc(-c3cccc4c3oc3ccccc34)n2)cc1. The average molecular weight is 818 g/mol. The quantitative estimate of drug-likeness (QED) is 0.156. The van der Waals surface area contributed by atoms with E-state index in [4.69, 9.17) is 24.4 Å². The second kappa shape index (κ2) is 14.4. The monoisotopic (exact) mass is 817 g/mol. The maximum absolute atomic E-state index is 6.45. The fourth-order valence-corrected chi connectivity index (χ4v) is 9.46. The van der Waals surface area contributed by atoms with Crippen molar-refractivity contribution >= 4 is 65.4 Å². The summed E-state index contributed by atoms with van der Waals surface area (Å²) in [7, 11) is 0. The molecule has 0 amide bonds. The number of hydrogen-bond donors (Lipinski definition) is 0. The molecule has 13 aromatic rings. The van der Waals surface area contributed by atoms with Gasteiger partial charge < -0.3 is 8.98 Å².